The molecule has 1 aromatic rings. The molecule has 2 atom stereocenters. The van der Waals surface area contributed by atoms with Crippen molar-refractivity contribution in [1.29, 1.82) is 0 Å². The molecule has 2 unspecified atom stereocenters. The summed E-state index contributed by atoms with van der Waals surface area (Å²) in [7, 11) is 4.19. The van der Waals surface area contributed by atoms with E-state index in [-0.39, 0.29) is 6.04 Å². The fourth-order valence-corrected chi connectivity index (χ4v) is 4.78. The summed E-state index contributed by atoms with van der Waals surface area (Å²) in [6.07, 6.45) is 1.82. The second-order valence-corrected chi connectivity index (χ2v) is 7.23. The molecule has 1 aliphatic rings. The summed E-state index contributed by atoms with van der Waals surface area (Å²) in [6.45, 7) is 3.25. The second kappa shape index (κ2) is 7.26. The van der Waals surface area contributed by atoms with Crippen LogP contribution < -0.4 is 11.3 Å². The van der Waals surface area contributed by atoms with Gasteiger partial charge in [0.2, 0.25) is 0 Å². The number of nitrogens with two attached hydrogens (primary N) is 1. The molecule has 2 rings (SSSR count). The quantitative estimate of drug-likeness (QED) is 0.608. The largest absolute Gasteiger partial charge is 0.300 e. The molecule has 0 aliphatic carbocycles. The number of hydrogen-bond acceptors (Lipinski definition) is 5. The molecule has 0 radical (unpaired) electrons. The Morgan fingerprint density at radius 1 is 1.55 bits per heavy atom. The molecule has 1 fully saturated rings. The Hall–Kier alpha value is -0.0800. The smallest absolute Gasteiger partial charge is 0.0766 e. The first kappa shape index (κ1) is 16.3. The van der Waals surface area contributed by atoms with Crippen LogP contribution in [0.5, 0.6) is 0 Å². The summed E-state index contributed by atoms with van der Waals surface area (Å²) in [4.78, 5) is 2.41. The van der Waals surface area contributed by atoms with E-state index < -0.39 is 0 Å². The second-order valence-electron chi connectivity index (χ2n) is 5.28. The minimum Gasteiger partial charge on any atom is -0.300 e. The number of likely N-dealkylation sites (N-methyl/N-ethyl adjacent to an activating group) is 1. The molecule has 0 amide bonds. The molecule has 0 saturated carbocycles. The van der Waals surface area contributed by atoms with E-state index in [1.54, 1.807) is 0 Å². The van der Waals surface area contributed by atoms with Gasteiger partial charge < -0.3 is 4.90 Å². The molecule has 3 N–H and O–H groups in total. The molecule has 5 nitrogen and oxygen atoms in total. The summed E-state index contributed by atoms with van der Waals surface area (Å²) in [5.41, 5.74) is 5.35. The molecule has 1 saturated heterocycles. The predicted octanol–water partition coefficient (Wildman–Crippen LogP) is 1.17. The van der Waals surface area contributed by atoms with Gasteiger partial charge in [0, 0.05) is 43.6 Å². The molecular formula is C13H24BrN5S. The molecular weight excluding hydrogens is 338 g/mol. The lowest BCUT2D eigenvalue weighted by Crippen LogP contribution is -2.55. The highest BCUT2D eigenvalue weighted by Gasteiger charge is 2.29. The van der Waals surface area contributed by atoms with Crippen LogP contribution in [0.2, 0.25) is 0 Å². The van der Waals surface area contributed by atoms with Gasteiger partial charge in [-0.3, -0.25) is 16.0 Å². The van der Waals surface area contributed by atoms with Crippen LogP contribution in [0.3, 0.4) is 0 Å². The van der Waals surface area contributed by atoms with E-state index >= 15 is 0 Å². The third kappa shape index (κ3) is 3.39. The Morgan fingerprint density at radius 3 is 2.85 bits per heavy atom. The standard InChI is InChI=1S/C13H24BrN5S/c1-4-9-13(14)11(19(3)17-9)7-10(16-15)12-8-20-6-5-18(12)2/h10,12,16H,4-8,15H2,1-3H3. The molecule has 0 bridgehead atoms. The van der Waals surface area contributed by atoms with E-state index in [1.807, 2.05) is 23.5 Å². The highest BCUT2D eigenvalue weighted by Crippen LogP contribution is 2.25. The van der Waals surface area contributed by atoms with Gasteiger partial charge in [0.15, 0.2) is 0 Å². The number of rotatable bonds is 5. The fraction of sp³-hybridized carbons (Fsp3) is 0.769. The van der Waals surface area contributed by atoms with Gasteiger partial charge >= 0.3 is 0 Å². The number of hydrogen-bond donors (Lipinski definition) is 2. The topological polar surface area (TPSA) is 59.1 Å². The maximum atomic E-state index is 5.82. The normalized spacial score (nSPS) is 22.1. The first-order chi connectivity index (χ1) is 9.58. The molecule has 7 heteroatoms. The minimum absolute atomic E-state index is 0.240. The van der Waals surface area contributed by atoms with Gasteiger partial charge in [0.1, 0.15) is 0 Å². The zero-order valence-electron chi connectivity index (χ0n) is 12.4. The van der Waals surface area contributed by atoms with Crippen molar-refractivity contribution in [3.8, 4) is 0 Å². The monoisotopic (exact) mass is 361 g/mol. The van der Waals surface area contributed by atoms with E-state index in [0.29, 0.717) is 6.04 Å². The Morgan fingerprint density at radius 2 is 2.30 bits per heavy atom. The Bertz CT molecular complexity index is 450. The van der Waals surface area contributed by atoms with Crippen LogP contribution in [0.25, 0.3) is 0 Å². The van der Waals surface area contributed by atoms with Gasteiger partial charge in [-0.2, -0.15) is 16.9 Å². The van der Waals surface area contributed by atoms with E-state index in [9.17, 15) is 0 Å². The summed E-state index contributed by atoms with van der Waals surface area (Å²) >= 11 is 5.70. The van der Waals surface area contributed by atoms with Gasteiger partial charge in [0.25, 0.3) is 0 Å². The summed E-state index contributed by atoms with van der Waals surface area (Å²) in [6, 6.07) is 0.704. The number of aromatic nitrogens is 2. The third-order valence-electron chi connectivity index (χ3n) is 4.04. The minimum atomic E-state index is 0.240. The number of halogens is 1. The lowest BCUT2D eigenvalue weighted by atomic mass is 10.0. The fourth-order valence-electron chi connectivity index (χ4n) is 2.68. The number of nitrogens with zero attached hydrogens (tertiary/aromatic N) is 3. The maximum Gasteiger partial charge on any atom is 0.0766 e. The lowest BCUT2D eigenvalue weighted by Gasteiger charge is -2.37. The SMILES string of the molecule is CCc1nn(C)c(CC(NN)C2CSCCN2C)c1Br. The van der Waals surface area contributed by atoms with Gasteiger partial charge in [-0.1, -0.05) is 6.92 Å². The van der Waals surface area contributed by atoms with Crippen molar-refractivity contribution in [2.45, 2.75) is 31.8 Å². The lowest BCUT2D eigenvalue weighted by molar-refractivity contribution is 0.212. The first-order valence-corrected chi connectivity index (χ1v) is 8.97. The van der Waals surface area contributed by atoms with Crippen molar-refractivity contribution in [3.63, 3.8) is 0 Å². The molecule has 20 heavy (non-hydrogen) atoms. The van der Waals surface area contributed by atoms with Crippen molar-refractivity contribution in [2.24, 2.45) is 12.9 Å². The zero-order chi connectivity index (χ0) is 14.7. The van der Waals surface area contributed by atoms with Gasteiger partial charge in [-0.25, -0.2) is 0 Å². The summed E-state index contributed by atoms with van der Waals surface area (Å²) in [5.74, 6) is 8.16. The highest BCUT2D eigenvalue weighted by molar-refractivity contribution is 9.10. The van der Waals surface area contributed by atoms with Crippen LogP contribution in [0.1, 0.15) is 18.3 Å². The number of aryl methyl sites for hydroxylation is 2. The van der Waals surface area contributed by atoms with Gasteiger partial charge in [0.05, 0.1) is 15.9 Å². The zero-order valence-corrected chi connectivity index (χ0v) is 14.8. The number of thioether (sulfide) groups is 1. The number of hydrazine groups is 1. The maximum absolute atomic E-state index is 5.82. The number of nitrogens with one attached hydrogen (secondary N) is 1. The highest BCUT2D eigenvalue weighted by atomic mass is 79.9. The Kier molecular flexibility index (Phi) is 5.92. The van der Waals surface area contributed by atoms with E-state index in [0.717, 1.165) is 35.3 Å². The molecule has 0 spiro atoms. The summed E-state index contributed by atoms with van der Waals surface area (Å²) in [5, 5.41) is 4.56. The van der Waals surface area contributed by atoms with Crippen molar-refractivity contribution in [1.82, 2.24) is 20.1 Å². The van der Waals surface area contributed by atoms with Crippen LogP contribution >= 0.6 is 27.7 Å². The van der Waals surface area contributed by atoms with Crippen molar-refractivity contribution < 1.29 is 0 Å². The van der Waals surface area contributed by atoms with Crippen molar-refractivity contribution in [2.75, 3.05) is 25.1 Å². The van der Waals surface area contributed by atoms with Gasteiger partial charge in [-0.05, 0) is 29.4 Å². The van der Waals surface area contributed by atoms with Gasteiger partial charge in [-0.15, -0.1) is 0 Å². The molecule has 1 aromatic heterocycles. The average molecular weight is 362 g/mol. The third-order valence-corrected chi connectivity index (χ3v) is 6.00. The van der Waals surface area contributed by atoms with E-state index in [1.165, 1.54) is 11.4 Å². The van der Waals surface area contributed by atoms with Crippen LogP contribution in [0.15, 0.2) is 4.47 Å². The Labute approximate surface area is 133 Å². The first-order valence-electron chi connectivity index (χ1n) is 7.02. The predicted molar refractivity (Wildman–Crippen MR) is 88.8 cm³/mol. The Balaban J connectivity index is 2.15. The molecule has 1 aliphatic heterocycles. The molecule has 114 valence electrons. The van der Waals surface area contributed by atoms with Crippen molar-refractivity contribution >= 4 is 27.7 Å². The van der Waals surface area contributed by atoms with Crippen LogP contribution in [0, 0.1) is 0 Å². The summed E-state index contributed by atoms with van der Waals surface area (Å²) < 4.78 is 3.11. The van der Waals surface area contributed by atoms with Crippen LogP contribution in [-0.2, 0) is 19.9 Å². The van der Waals surface area contributed by atoms with E-state index in [4.69, 9.17) is 5.84 Å². The average Bonchev–Trinajstić information content (AvgIpc) is 2.72. The molecule has 0 aromatic carbocycles. The van der Waals surface area contributed by atoms with E-state index in [2.05, 4.69) is 45.3 Å². The van der Waals surface area contributed by atoms with Crippen molar-refractivity contribution in [3.05, 3.63) is 15.9 Å². The van der Waals surface area contributed by atoms with Crippen LogP contribution in [-0.4, -0.2) is 51.9 Å². The molecule has 2 heterocycles. The van der Waals surface area contributed by atoms with Crippen LogP contribution in [0.4, 0.5) is 0 Å².